The number of benzene rings is 1. The first-order chi connectivity index (χ1) is 15.9. The molecule has 0 unspecified atom stereocenters. The first-order valence-electron chi connectivity index (χ1n) is 10.5. The molecule has 0 aliphatic carbocycles. The summed E-state index contributed by atoms with van der Waals surface area (Å²) in [4.78, 5) is 15.8. The van der Waals surface area contributed by atoms with E-state index in [4.69, 9.17) is 10.8 Å². The van der Waals surface area contributed by atoms with Crippen molar-refractivity contribution in [3.8, 4) is 12.3 Å². The zero-order valence-corrected chi connectivity index (χ0v) is 18.3. The van der Waals surface area contributed by atoms with Gasteiger partial charge in [-0.2, -0.15) is 13.2 Å². The van der Waals surface area contributed by atoms with E-state index in [2.05, 4.69) is 31.1 Å². The van der Waals surface area contributed by atoms with Crippen LogP contribution >= 0.6 is 11.3 Å². The normalized spacial score (nSPS) is 15.8. The van der Waals surface area contributed by atoms with Crippen LogP contribution in [-0.2, 0) is 13.0 Å². The smallest absolute Gasteiger partial charge is 0.393 e. The maximum Gasteiger partial charge on any atom is 0.393 e. The molecule has 10 heteroatoms. The van der Waals surface area contributed by atoms with Crippen molar-refractivity contribution in [3.63, 3.8) is 0 Å². The molecule has 0 saturated carbocycles. The number of hydrogen-bond donors (Lipinski definition) is 1. The van der Waals surface area contributed by atoms with Gasteiger partial charge in [0.2, 0.25) is 0 Å². The van der Waals surface area contributed by atoms with Crippen LogP contribution in [-0.4, -0.2) is 45.2 Å². The topological polar surface area (TPSA) is 67.1 Å². The second kappa shape index (κ2) is 8.65. The van der Waals surface area contributed by atoms with Crippen molar-refractivity contribution in [2.24, 2.45) is 0 Å². The molecular formula is C23H20F3N5OS. The number of anilines is 1. The minimum Gasteiger partial charge on any atom is -0.430 e. The molecule has 0 bridgehead atoms. The fraction of sp³-hybridized carbons (Fsp3) is 0.348. The Morgan fingerprint density at radius 3 is 2.79 bits per heavy atom. The van der Waals surface area contributed by atoms with E-state index in [1.54, 1.807) is 6.07 Å². The van der Waals surface area contributed by atoms with Crippen molar-refractivity contribution in [3.05, 3.63) is 46.9 Å². The lowest BCUT2D eigenvalue weighted by Gasteiger charge is -2.32. The van der Waals surface area contributed by atoms with Gasteiger partial charge in [0, 0.05) is 30.6 Å². The average molecular weight is 472 g/mol. The van der Waals surface area contributed by atoms with Crippen LogP contribution in [0.2, 0.25) is 0 Å². The second-order valence-corrected chi connectivity index (χ2v) is 9.22. The monoisotopic (exact) mass is 471 g/mol. The second-order valence-electron chi connectivity index (χ2n) is 8.11. The molecule has 33 heavy (non-hydrogen) atoms. The number of fused-ring (bicyclic) bond motifs is 2. The number of alkyl halides is 3. The standard InChI is InChI=1S/C23H20F3N5OS/c1-2-20-30-18-4-3-14(9-19(18)32-20)12-31-7-5-15(6-8-31)29-21-17-10-16(11-23(24,25)26)33-22(17)28-13-27-21/h1,3-4,9-10,13,15H,5-8,11-12H2,(H,27,28,29). The highest BCUT2D eigenvalue weighted by molar-refractivity contribution is 7.18. The highest BCUT2D eigenvalue weighted by atomic mass is 32.1. The summed E-state index contributed by atoms with van der Waals surface area (Å²) < 4.78 is 43.8. The summed E-state index contributed by atoms with van der Waals surface area (Å²) in [7, 11) is 0. The van der Waals surface area contributed by atoms with E-state index in [0.29, 0.717) is 21.6 Å². The van der Waals surface area contributed by atoms with Gasteiger partial charge in [0.15, 0.2) is 5.58 Å². The number of oxazole rings is 1. The van der Waals surface area contributed by atoms with E-state index in [-0.39, 0.29) is 16.8 Å². The molecule has 1 saturated heterocycles. The maximum absolute atomic E-state index is 12.8. The Bertz CT molecular complexity index is 1330. The van der Waals surface area contributed by atoms with E-state index in [1.165, 1.54) is 6.33 Å². The van der Waals surface area contributed by atoms with Crippen LogP contribution in [0.25, 0.3) is 21.3 Å². The number of nitrogens with zero attached hydrogens (tertiary/aromatic N) is 4. The Hall–Kier alpha value is -3.16. The van der Waals surface area contributed by atoms with Crippen molar-refractivity contribution in [1.82, 2.24) is 19.9 Å². The minimum absolute atomic E-state index is 0.195. The summed E-state index contributed by atoms with van der Waals surface area (Å²) >= 11 is 1.06. The fourth-order valence-electron chi connectivity index (χ4n) is 4.12. The number of likely N-dealkylation sites (tertiary alicyclic amines) is 1. The minimum atomic E-state index is -4.24. The molecule has 0 atom stereocenters. The number of terminal acetylenes is 1. The van der Waals surface area contributed by atoms with Crippen LogP contribution in [0.4, 0.5) is 19.0 Å². The van der Waals surface area contributed by atoms with Crippen LogP contribution in [0.3, 0.4) is 0 Å². The van der Waals surface area contributed by atoms with Crippen LogP contribution in [0.1, 0.15) is 29.2 Å². The average Bonchev–Trinajstić information content (AvgIpc) is 3.37. The molecule has 4 heterocycles. The molecule has 0 amide bonds. The molecule has 170 valence electrons. The number of piperidine rings is 1. The van der Waals surface area contributed by atoms with Gasteiger partial charge in [-0.25, -0.2) is 15.0 Å². The Kier molecular flexibility index (Phi) is 5.68. The Morgan fingerprint density at radius 2 is 2.03 bits per heavy atom. The van der Waals surface area contributed by atoms with Gasteiger partial charge in [0.25, 0.3) is 5.89 Å². The fourth-order valence-corrected chi connectivity index (χ4v) is 5.15. The predicted octanol–water partition coefficient (Wildman–Crippen LogP) is 5.00. The molecule has 0 spiro atoms. The zero-order chi connectivity index (χ0) is 23.0. The Morgan fingerprint density at radius 1 is 1.21 bits per heavy atom. The van der Waals surface area contributed by atoms with Gasteiger partial charge in [-0.05, 0) is 42.5 Å². The van der Waals surface area contributed by atoms with Gasteiger partial charge in [-0.3, -0.25) is 4.90 Å². The molecule has 5 rings (SSSR count). The number of thiophene rings is 1. The molecule has 6 nitrogen and oxygen atoms in total. The van der Waals surface area contributed by atoms with E-state index >= 15 is 0 Å². The molecule has 1 aliphatic rings. The summed E-state index contributed by atoms with van der Waals surface area (Å²) in [5.41, 5.74) is 2.56. The number of halogens is 3. The van der Waals surface area contributed by atoms with Crippen molar-refractivity contribution >= 4 is 38.5 Å². The Labute approximate surface area is 191 Å². The van der Waals surface area contributed by atoms with Crippen LogP contribution < -0.4 is 5.32 Å². The molecule has 1 fully saturated rings. The van der Waals surface area contributed by atoms with Gasteiger partial charge in [-0.1, -0.05) is 6.07 Å². The van der Waals surface area contributed by atoms with Crippen LogP contribution in [0.5, 0.6) is 0 Å². The van der Waals surface area contributed by atoms with Crippen molar-refractivity contribution in [1.29, 1.82) is 0 Å². The van der Waals surface area contributed by atoms with E-state index < -0.39 is 12.6 Å². The third kappa shape index (κ3) is 4.94. The van der Waals surface area contributed by atoms with Gasteiger partial charge in [0.05, 0.1) is 11.8 Å². The van der Waals surface area contributed by atoms with Gasteiger partial charge in [0.1, 0.15) is 22.5 Å². The van der Waals surface area contributed by atoms with E-state index in [9.17, 15) is 13.2 Å². The third-order valence-electron chi connectivity index (χ3n) is 5.67. The molecule has 1 aliphatic heterocycles. The van der Waals surface area contributed by atoms with Crippen molar-refractivity contribution < 1.29 is 17.6 Å². The van der Waals surface area contributed by atoms with Gasteiger partial charge < -0.3 is 9.73 Å². The number of nitrogens with one attached hydrogen (secondary N) is 1. The predicted molar refractivity (Wildman–Crippen MR) is 121 cm³/mol. The number of aromatic nitrogens is 3. The molecule has 1 N–H and O–H groups in total. The molecule has 0 radical (unpaired) electrons. The molecule has 1 aromatic carbocycles. The molecule has 4 aromatic rings. The van der Waals surface area contributed by atoms with Crippen LogP contribution in [0.15, 0.2) is 35.0 Å². The molecule has 3 aromatic heterocycles. The molecular weight excluding hydrogens is 451 g/mol. The summed E-state index contributed by atoms with van der Waals surface area (Å²) in [6.45, 7) is 2.57. The maximum atomic E-state index is 12.8. The third-order valence-corrected chi connectivity index (χ3v) is 6.71. The highest BCUT2D eigenvalue weighted by Crippen LogP contribution is 2.33. The summed E-state index contributed by atoms with van der Waals surface area (Å²) in [5.74, 6) is 3.29. The number of hydrogen-bond acceptors (Lipinski definition) is 7. The van der Waals surface area contributed by atoms with E-state index in [1.807, 2.05) is 18.2 Å². The Balaban J connectivity index is 1.21. The summed E-state index contributed by atoms with van der Waals surface area (Å²) in [6, 6.07) is 7.66. The van der Waals surface area contributed by atoms with Gasteiger partial charge in [-0.15, -0.1) is 17.8 Å². The van der Waals surface area contributed by atoms with Crippen LogP contribution in [0, 0.1) is 12.3 Å². The first-order valence-corrected chi connectivity index (χ1v) is 11.3. The highest BCUT2D eigenvalue weighted by Gasteiger charge is 2.29. The van der Waals surface area contributed by atoms with Crippen molar-refractivity contribution in [2.45, 2.75) is 38.0 Å². The number of rotatable bonds is 5. The lowest BCUT2D eigenvalue weighted by atomic mass is 10.0. The summed E-state index contributed by atoms with van der Waals surface area (Å²) in [5, 5.41) is 4.07. The van der Waals surface area contributed by atoms with Crippen molar-refractivity contribution in [2.75, 3.05) is 18.4 Å². The quantitative estimate of drug-likeness (QED) is 0.414. The lowest BCUT2D eigenvalue weighted by molar-refractivity contribution is -0.126. The van der Waals surface area contributed by atoms with E-state index in [0.717, 1.165) is 54.9 Å². The lowest BCUT2D eigenvalue weighted by Crippen LogP contribution is -2.38. The SMILES string of the molecule is C#Cc1nc2ccc(CN3CCC(Nc4ncnc5sc(CC(F)(F)F)cc45)CC3)cc2o1. The zero-order valence-electron chi connectivity index (χ0n) is 17.5. The largest absolute Gasteiger partial charge is 0.430 e. The first kappa shape index (κ1) is 21.7. The summed E-state index contributed by atoms with van der Waals surface area (Å²) in [6.07, 6.45) is 3.37. The van der Waals surface area contributed by atoms with Gasteiger partial charge >= 0.3 is 6.18 Å².